The zero-order valence-electron chi connectivity index (χ0n) is 14.1. The van der Waals surface area contributed by atoms with Gasteiger partial charge in [-0.05, 0) is 24.3 Å². The summed E-state index contributed by atoms with van der Waals surface area (Å²) in [5.74, 6) is 1.71. The van der Waals surface area contributed by atoms with Gasteiger partial charge in [0, 0.05) is 12.7 Å². The number of carbonyl (C=O) groups is 1. The Kier molecular flexibility index (Phi) is 6.31. The van der Waals surface area contributed by atoms with Gasteiger partial charge in [0.1, 0.15) is 6.61 Å². The van der Waals surface area contributed by atoms with Crippen LogP contribution >= 0.6 is 0 Å². The van der Waals surface area contributed by atoms with E-state index in [4.69, 9.17) is 14.2 Å². The summed E-state index contributed by atoms with van der Waals surface area (Å²) in [6, 6.07) is 14.6. The van der Waals surface area contributed by atoms with Gasteiger partial charge >= 0.3 is 6.03 Å². The molecule has 0 aliphatic heterocycles. The van der Waals surface area contributed by atoms with E-state index in [1.807, 2.05) is 36.4 Å². The monoisotopic (exact) mass is 330 g/mol. The van der Waals surface area contributed by atoms with Gasteiger partial charge in [-0.3, -0.25) is 4.90 Å². The van der Waals surface area contributed by atoms with E-state index in [2.05, 4.69) is 5.32 Å². The van der Waals surface area contributed by atoms with Crippen LogP contribution < -0.4 is 24.4 Å². The molecule has 0 aliphatic carbocycles. The first-order valence-electron chi connectivity index (χ1n) is 7.57. The number of rotatable bonds is 7. The second-order valence-electron chi connectivity index (χ2n) is 4.97. The van der Waals surface area contributed by atoms with Crippen molar-refractivity contribution in [2.45, 2.75) is 0 Å². The van der Waals surface area contributed by atoms with E-state index in [1.165, 1.54) is 0 Å². The molecule has 2 aromatic rings. The average Bonchev–Trinajstić information content (AvgIpc) is 2.64. The Labute approximate surface area is 141 Å². The third kappa shape index (κ3) is 4.32. The molecule has 0 saturated carbocycles. The number of hydrogen-bond acceptors (Lipinski definition) is 4. The molecule has 128 valence electrons. The number of amides is 2. The van der Waals surface area contributed by atoms with Crippen LogP contribution in [0.2, 0.25) is 0 Å². The highest BCUT2D eigenvalue weighted by Crippen LogP contribution is 2.36. The largest absolute Gasteiger partial charge is 0.493 e. The molecule has 0 aromatic heterocycles. The summed E-state index contributed by atoms with van der Waals surface area (Å²) in [4.78, 5) is 13.6. The molecule has 0 saturated heterocycles. The Hall–Kier alpha value is -2.89. The van der Waals surface area contributed by atoms with Gasteiger partial charge in [0.15, 0.2) is 11.5 Å². The average molecular weight is 330 g/mol. The fraction of sp³-hybridized carbons (Fsp3) is 0.278. The van der Waals surface area contributed by atoms with Gasteiger partial charge in [-0.2, -0.15) is 0 Å². The number of carbonyl (C=O) groups excluding carboxylic acids is 1. The van der Waals surface area contributed by atoms with E-state index in [0.29, 0.717) is 30.4 Å². The summed E-state index contributed by atoms with van der Waals surface area (Å²) in [5.41, 5.74) is 0.824. The van der Waals surface area contributed by atoms with E-state index in [9.17, 15) is 4.79 Å². The van der Waals surface area contributed by atoms with Crippen LogP contribution in [0, 0.1) is 0 Å². The third-order valence-electron chi connectivity index (χ3n) is 3.45. The number of hydrogen-bond donors (Lipinski definition) is 1. The zero-order valence-corrected chi connectivity index (χ0v) is 14.1. The van der Waals surface area contributed by atoms with Crippen LogP contribution in [-0.2, 0) is 0 Å². The molecule has 0 atom stereocenters. The molecular formula is C18H22N2O4. The molecule has 2 rings (SSSR count). The Morgan fingerprint density at radius 2 is 1.71 bits per heavy atom. The molecule has 1 N–H and O–H groups in total. The first kappa shape index (κ1) is 17.5. The van der Waals surface area contributed by atoms with Gasteiger partial charge in [-0.1, -0.05) is 24.3 Å². The summed E-state index contributed by atoms with van der Waals surface area (Å²) < 4.78 is 16.2. The minimum Gasteiger partial charge on any atom is -0.493 e. The van der Waals surface area contributed by atoms with Crippen molar-refractivity contribution >= 4 is 11.7 Å². The van der Waals surface area contributed by atoms with E-state index >= 15 is 0 Å². The van der Waals surface area contributed by atoms with E-state index in [0.717, 1.165) is 5.69 Å². The van der Waals surface area contributed by atoms with Crippen molar-refractivity contribution in [1.82, 2.24) is 5.32 Å². The molecule has 0 aliphatic rings. The van der Waals surface area contributed by atoms with E-state index < -0.39 is 0 Å². The zero-order chi connectivity index (χ0) is 17.4. The maximum atomic E-state index is 12.1. The minimum atomic E-state index is -0.192. The SMILES string of the molecule is COc1cccc(OCCNC(=O)N(C)c2ccccc2)c1OC. The van der Waals surface area contributed by atoms with Crippen molar-refractivity contribution in [2.75, 3.05) is 39.3 Å². The van der Waals surface area contributed by atoms with Gasteiger partial charge < -0.3 is 19.5 Å². The van der Waals surface area contributed by atoms with Crippen molar-refractivity contribution in [1.29, 1.82) is 0 Å². The molecule has 2 aromatic carbocycles. The summed E-state index contributed by atoms with van der Waals surface area (Å²) in [5, 5.41) is 2.81. The Morgan fingerprint density at radius 1 is 1.00 bits per heavy atom. The van der Waals surface area contributed by atoms with Crippen LogP contribution in [0.4, 0.5) is 10.5 Å². The molecule has 6 heteroatoms. The van der Waals surface area contributed by atoms with Crippen molar-refractivity contribution < 1.29 is 19.0 Å². The first-order valence-corrected chi connectivity index (χ1v) is 7.57. The number of benzene rings is 2. The number of methoxy groups -OCH3 is 2. The normalized spacial score (nSPS) is 9.96. The topological polar surface area (TPSA) is 60.0 Å². The third-order valence-corrected chi connectivity index (χ3v) is 3.45. The van der Waals surface area contributed by atoms with Crippen LogP contribution in [0.5, 0.6) is 17.2 Å². The molecule has 0 spiro atoms. The fourth-order valence-corrected chi connectivity index (χ4v) is 2.18. The smallest absolute Gasteiger partial charge is 0.321 e. The Balaban J connectivity index is 1.84. The minimum absolute atomic E-state index is 0.192. The lowest BCUT2D eigenvalue weighted by atomic mass is 10.3. The van der Waals surface area contributed by atoms with Crippen molar-refractivity contribution in [3.05, 3.63) is 48.5 Å². The number of urea groups is 1. The molecule has 0 radical (unpaired) electrons. The van der Waals surface area contributed by atoms with Crippen LogP contribution in [0.25, 0.3) is 0 Å². The van der Waals surface area contributed by atoms with Crippen LogP contribution in [0.3, 0.4) is 0 Å². The molecular weight excluding hydrogens is 308 g/mol. The predicted octanol–water partition coefficient (Wildman–Crippen LogP) is 2.93. The predicted molar refractivity (Wildman–Crippen MR) is 93.3 cm³/mol. The van der Waals surface area contributed by atoms with Crippen molar-refractivity contribution in [2.24, 2.45) is 0 Å². The Morgan fingerprint density at radius 3 is 2.38 bits per heavy atom. The molecule has 24 heavy (non-hydrogen) atoms. The number of para-hydroxylation sites is 2. The number of nitrogens with one attached hydrogen (secondary N) is 1. The Bertz CT molecular complexity index is 661. The number of nitrogens with zero attached hydrogens (tertiary/aromatic N) is 1. The first-order chi connectivity index (χ1) is 11.7. The second-order valence-corrected chi connectivity index (χ2v) is 4.97. The standard InChI is InChI=1S/C18H22N2O4/c1-20(14-8-5-4-6-9-14)18(21)19-12-13-24-16-11-7-10-15(22-2)17(16)23-3/h4-11H,12-13H2,1-3H3,(H,19,21). The molecule has 6 nitrogen and oxygen atoms in total. The molecule has 0 bridgehead atoms. The number of anilines is 1. The van der Waals surface area contributed by atoms with Crippen LogP contribution in [0.15, 0.2) is 48.5 Å². The van der Waals surface area contributed by atoms with Gasteiger partial charge in [0.2, 0.25) is 5.75 Å². The highest BCUT2D eigenvalue weighted by atomic mass is 16.5. The maximum Gasteiger partial charge on any atom is 0.321 e. The highest BCUT2D eigenvalue weighted by Gasteiger charge is 2.12. The second kappa shape index (κ2) is 8.67. The lowest BCUT2D eigenvalue weighted by Gasteiger charge is -2.18. The quantitative estimate of drug-likeness (QED) is 0.793. The highest BCUT2D eigenvalue weighted by molar-refractivity contribution is 5.91. The lowest BCUT2D eigenvalue weighted by Crippen LogP contribution is -2.39. The summed E-state index contributed by atoms with van der Waals surface area (Å²) in [6.45, 7) is 0.689. The molecule has 2 amide bonds. The van der Waals surface area contributed by atoms with E-state index in [1.54, 1.807) is 38.3 Å². The number of ether oxygens (including phenoxy) is 3. The van der Waals surface area contributed by atoms with Crippen LogP contribution in [-0.4, -0.2) is 40.5 Å². The van der Waals surface area contributed by atoms with Gasteiger partial charge in [-0.25, -0.2) is 4.79 Å². The van der Waals surface area contributed by atoms with Crippen LogP contribution in [0.1, 0.15) is 0 Å². The van der Waals surface area contributed by atoms with Gasteiger partial charge in [0.05, 0.1) is 20.8 Å². The summed E-state index contributed by atoms with van der Waals surface area (Å²) in [6.07, 6.45) is 0. The summed E-state index contributed by atoms with van der Waals surface area (Å²) in [7, 11) is 4.85. The maximum absolute atomic E-state index is 12.1. The van der Waals surface area contributed by atoms with Gasteiger partial charge in [0.25, 0.3) is 0 Å². The fourth-order valence-electron chi connectivity index (χ4n) is 2.18. The van der Waals surface area contributed by atoms with Crippen molar-refractivity contribution in [3.8, 4) is 17.2 Å². The lowest BCUT2D eigenvalue weighted by molar-refractivity contribution is 0.241. The van der Waals surface area contributed by atoms with Crippen molar-refractivity contribution in [3.63, 3.8) is 0 Å². The summed E-state index contributed by atoms with van der Waals surface area (Å²) >= 11 is 0. The molecule has 0 fully saturated rings. The van der Waals surface area contributed by atoms with Gasteiger partial charge in [-0.15, -0.1) is 0 Å². The van der Waals surface area contributed by atoms with E-state index in [-0.39, 0.29) is 6.03 Å². The molecule has 0 unspecified atom stereocenters. The molecule has 0 heterocycles.